The summed E-state index contributed by atoms with van der Waals surface area (Å²) in [6.07, 6.45) is 0.563. The highest BCUT2D eigenvalue weighted by atomic mass is 31.2. The molecular weight excluding hydrogens is 205 g/mol. The topological polar surface area (TPSA) is 66.8 Å². The second-order valence-electron chi connectivity index (χ2n) is 2.25. The van der Waals surface area contributed by atoms with Crippen molar-refractivity contribution in [2.24, 2.45) is 0 Å². The molecule has 0 aliphatic rings. The van der Waals surface area contributed by atoms with E-state index < -0.39 is 21.2 Å². The summed E-state index contributed by atoms with van der Waals surface area (Å²) in [5.41, 5.74) is 0.202. The number of rotatable bonds is 6. The Labute approximate surface area is 74.5 Å². The molecule has 0 heterocycles. The highest BCUT2D eigenvalue weighted by molar-refractivity contribution is 7.46. The van der Waals surface area contributed by atoms with Crippen LogP contribution >= 0.6 is 7.82 Å². The normalized spacial score (nSPS) is 11.1. The summed E-state index contributed by atoms with van der Waals surface area (Å²) in [5.74, 6) is 0. The number of hydrogen-bond donors (Lipinski definition) is 2. The Morgan fingerprint density at radius 3 is 2.08 bits per heavy atom. The third kappa shape index (κ3) is 7.90. The number of hydrogen-bond acceptors (Lipinski definition) is 2. The van der Waals surface area contributed by atoms with Crippen LogP contribution in [0.1, 0.15) is 12.8 Å². The molecule has 0 aromatic carbocycles. The molecule has 7 heteroatoms. The van der Waals surface area contributed by atoms with Crippen LogP contribution in [0, 0.1) is 0 Å². The largest absolute Gasteiger partial charge is 0.524 e. The first-order chi connectivity index (χ1) is 5.99. The van der Waals surface area contributed by atoms with Crippen molar-refractivity contribution in [1.29, 1.82) is 0 Å². The first kappa shape index (κ1) is 12.6. The monoisotopic (exact) mass is 216 g/mol. The van der Waals surface area contributed by atoms with Crippen LogP contribution < -0.4 is 0 Å². The fourth-order valence-corrected chi connectivity index (χ4v) is 0.915. The van der Waals surface area contributed by atoms with Gasteiger partial charge in [0, 0.05) is 12.8 Å². The summed E-state index contributed by atoms with van der Waals surface area (Å²) in [6, 6.07) is 0. The van der Waals surface area contributed by atoms with Crippen LogP contribution in [-0.2, 0) is 9.09 Å². The number of alkyl halides is 2. The molecule has 0 unspecified atom stereocenters. The van der Waals surface area contributed by atoms with Crippen LogP contribution in [0.25, 0.3) is 0 Å². The SMILES string of the molecule is O=P(O)(O)OC=C(CCF)CCF. The molecule has 0 saturated heterocycles. The van der Waals surface area contributed by atoms with E-state index in [2.05, 4.69) is 4.52 Å². The van der Waals surface area contributed by atoms with Gasteiger partial charge in [0.25, 0.3) is 0 Å². The molecule has 0 aromatic heterocycles. The van der Waals surface area contributed by atoms with Crippen molar-refractivity contribution in [2.45, 2.75) is 12.8 Å². The molecule has 0 amide bonds. The minimum Gasteiger partial charge on any atom is -0.412 e. The predicted octanol–water partition coefficient (Wildman–Crippen LogP) is 1.70. The summed E-state index contributed by atoms with van der Waals surface area (Å²) < 4.78 is 37.7. The van der Waals surface area contributed by atoms with E-state index in [1.165, 1.54) is 0 Å². The molecule has 0 saturated carbocycles. The zero-order chi connectivity index (χ0) is 10.3. The van der Waals surface area contributed by atoms with Crippen molar-refractivity contribution in [3.05, 3.63) is 11.8 Å². The van der Waals surface area contributed by atoms with E-state index in [4.69, 9.17) is 9.79 Å². The molecule has 0 atom stereocenters. The Balaban J connectivity index is 4.10. The average Bonchev–Trinajstić information content (AvgIpc) is 2.00. The van der Waals surface area contributed by atoms with Gasteiger partial charge in [0.15, 0.2) is 0 Å². The smallest absolute Gasteiger partial charge is 0.412 e. The Morgan fingerprint density at radius 2 is 1.77 bits per heavy atom. The Morgan fingerprint density at radius 1 is 1.31 bits per heavy atom. The van der Waals surface area contributed by atoms with Gasteiger partial charge in [0.05, 0.1) is 19.6 Å². The van der Waals surface area contributed by atoms with Crippen molar-refractivity contribution < 1.29 is 27.7 Å². The molecule has 0 spiro atoms. The van der Waals surface area contributed by atoms with E-state index in [-0.39, 0.29) is 18.4 Å². The molecule has 0 aliphatic carbocycles. The highest BCUT2D eigenvalue weighted by Gasteiger charge is 2.12. The maximum absolute atomic E-state index is 11.8. The maximum Gasteiger partial charge on any atom is 0.524 e. The molecule has 0 radical (unpaired) electrons. The second-order valence-corrected chi connectivity index (χ2v) is 3.44. The molecule has 0 rings (SSSR count). The quantitative estimate of drug-likeness (QED) is 0.523. The van der Waals surface area contributed by atoms with Crippen molar-refractivity contribution in [3.8, 4) is 0 Å². The highest BCUT2D eigenvalue weighted by Crippen LogP contribution is 2.36. The lowest BCUT2D eigenvalue weighted by Crippen LogP contribution is -1.90. The van der Waals surface area contributed by atoms with E-state index in [9.17, 15) is 13.3 Å². The zero-order valence-electron chi connectivity index (χ0n) is 6.82. The first-order valence-electron chi connectivity index (χ1n) is 3.53. The van der Waals surface area contributed by atoms with E-state index >= 15 is 0 Å². The van der Waals surface area contributed by atoms with E-state index in [1.807, 2.05) is 0 Å². The molecule has 0 fully saturated rings. The number of allylic oxidation sites excluding steroid dienone is 1. The van der Waals surface area contributed by atoms with Gasteiger partial charge in [-0.25, -0.2) is 4.57 Å². The zero-order valence-corrected chi connectivity index (χ0v) is 7.71. The van der Waals surface area contributed by atoms with Gasteiger partial charge in [0.1, 0.15) is 0 Å². The summed E-state index contributed by atoms with van der Waals surface area (Å²) >= 11 is 0. The minimum atomic E-state index is -4.59. The summed E-state index contributed by atoms with van der Waals surface area (Å²) in [6.45, 7) is -1.42. The number of phosphoric ester groups is 1. The average molecular weight is 216 g/mol. The van der Waals surface area contributed by atoms with Crippen LogP contribution in [0.3, 0.4) is 0 Å². The molecule has 2 N–H and O–H groups in total. The Kier molecular flexibility index (Phi) is 5.86. The molecule has 0 aromatic rings. The molecule has 0 bridgehead atoms. The van der Waals surface area contributed by atoms with Gasteiger partial charge in [-0.2, -0.15) is 0 Å². The third-order valence-corrected chi connectivity index (χ3v) is 1.57. The van der Waals surface area contributed by atoms with Crippen molar-refractivity contribution >= 4 is 7.82 Å². The molecular formula is C6H11F2O4P. The molecule has 13 heavy (non-hydrogen) atoms. The minimum absolute atomic E-state index is 0.0794. The van der Waals surface area contributed by atoms with Crippen LogP contribution in [0.5, 0.6) is 0 Å². The maximum atomic E-state index is 11.8. The van der Waals surface area contributed by atoms with Crippen LogP contribution in [-0.4, -0.2) is 23.1 Å². The van der Waals surface area contributed by atoms with Gasteiger partial charge in [0.2, 0.25) is 0 Å². The van der Waals surface area contributed by atoms with Crippen LogP contribution in [0.4, 0.5) is 8.78 Å². The van der Waals surface area contributed by atoms with Gasteiger partial charge >= 0.3 is 7.82 Å². The Bertz CT molecular complexity index is 205. The molecule has 78 valence electrons. The van der Waals surface area contributed by atoms with Crippen LogP contribution in [0.15, 0.2) is 11.8 Å². The lowest BCUT2D eigenvalue weighted by molar-refractivity contribution is 0.255. The van der Waals surface area contributed by atoms with E-state index in [1.54, 1.807) is 0 Å². The lowest BCUT2D eigenvalue weighted by atomic mass is 10.2. The van der Waals surface area contributed by atoms with Gasteiger partial charge in [-0.05, 0) is 5.57 Å². The van der Waals surface area contributed by atoms with Crippen molar-refractivity contribution in [3.63, 3.8) is 0 Å². The van der Waals surface area contributed by atoms with Crippen molar-refractivity contribution in [1.82, 2.24) is 0 Å². The number of phosphoric acid groups is 1. The first-order valence-corrected chi connectivity index (χ1v) is 5.06. The van der Waals surface area contributed by atoms with Gasteiger partial charge < -0.3 is 4.52 Å². The predicted molar refractivity (Wildman–Crippen MR) is 42.4 cm³/mol. The molecule has 4 nitrogen and oxygen atoms in total. The third-order valence-electron chi connectivity index (χ3n) is 1.19. The second kappa shape index (κ2) is 6.07. The van der Waals surface area contributed by atoms with Crippen LogP contribution in [0.2, 0.25) is 0 Å². The summed E-state index contributed by atoms with van der Waals surface area (Å²) in [5, 5.41) is 0. The number of halogens is 2. The fourth-order valence-electron chi connectivity index (χ4n) is 0.629. The van der Waals surface area contributed by atoms with Gasteiger partial charge in [-0.15, -0.1) is 0 Å². The van der Waals surface area contributed by atoms with E-state index in [0.717, 1.165) is 6.26 Å². The van der Waals surface area contributed by atoms with Gasteiger partial charge in [-0.1, -0.05) is 0 Å². The van der Waals surface area contributed by atoms with Gasteiger partial charge in [-0.3, -0.25) is 18.6 Å². The standard InChI is InChI=1S/C6H11F2O4P/c7-3-1-6(2-4-8)5-12-13(9,10)11/h5H,1-4H2,(H2,9,10,11). The van der Waals surface area contributed by atoms with E-state index in [0.29, 0.717) is 0 Å². The van der Waals surface area contributed by atoms with Crippen molar-refractivity contribution in [2.75, 3.05) is 13.3 Å². The summed E-state index contributed by atoms with van der Waals surface area (Å²) in [7, 11) is -4.59. The lowest BCUT2D eigenvalue weighted by Gasteiger charge is -2.04. The molecule has 0 aliphatic heterocycles. The fraction of sp³-hybridized carbons (Fsp3) is 0.667. The summed E-state index contributed by atoms with van der Waals surface area (Å²) in [4.78, 5) is 16.5. The Hall–Kier alpha value is -0.450.